The number of nitrogens with zero attached hydrogens (tertiary/aromatic N) is 2. The van der Waals surface area contributed by atoms with E-state index in [4.69, 9.17) is 11.6 Å². The lowest BCUT2D eigenvalue weighted by atomic mass is 10.1. The third-order valence-electron chi connectivity index (χ3n) is 3.58. The first-order chi connectivity index (χ1) is 11.3. The molecule has 0 aliphatic heterocycles. The molecule has 2 rings (SSSR count). The highest BCUT2D eigenvalue weighted by Gasteiger charge is 2.26. The smallest absolute Gasteiger partial charge is 0.147 e. The molecule has 0 amide bonds. The van der Waals surface area contributed by atoms with Gasteiger partial charge in [-0.05, 0) is 37.6 Å². The number of anilines is 1. The molecule has 1 aromatic heterocycles. The van der Waals surface area contributed by atoms with Crippen molar-refractivity contribution in [2.75, 3.05) is 5.43 Å². The summed E-state index contributed by atoms with van der Waals surface area (Å²) in [6.07, 6.45) is -4.63. The molecule has 0 saturated heterocycles. The number of pyridine rings is 1. The van der Waals surface area contributed by atoms with Crippen molar-refractivity contribution in [1.29, 1.82) is 0 Å². The Kier molecular flexibility index (Phi) is 6.09. The lowest BCUT2D eigenvalue weighted by Gasteiger charge is -2.22. The van der Waals surface area contributed by atoms with Crippen molar-refractivity contribution < 1.29 is 20.4 Å². The fourth-order valence-corrected chi connectivity index (χ4v) is 2.35. The zero-order valence-electron chi connectivity index (χ0n) is 13.3. The summed E-state index contributed by atoms with van der Waals surface area (Å²) >= 11 is 5.96. The molecule has 0 radical (unpaired) electrons. The van der Waals surface area contributed by atoms with Crippen LogP contribution in [-0.4, -0.2) is 56.0 Å². The number of aliphatic hydroxyl groups is 4. The van der Waals surface area contributed by atoms with Crippen molar-refractivity contribution in [2.45, 2.75) is 38.3 Å². The number of nitrogens with one attached hydrogen (secondary N) is 1. The maximum atomic E-state index is 9.73. The van der Waals surface area contributed by atoms with Crippen molar-refractivity contribution in [3.05, 3.63) is 34.9 Å². The van der Waals surface area contributed by atoms with Crippen LogP contribution >= 0.6 is 11.6 Å². The normalized spacial score (nSPS) is 17.0. The van der Waals surface area contributed by atoms with Crippen molar-refractivity contribution in [3.8, 4) is 0 Å². The lowest BCUT2D eigenvalue weighted by Crippen LogP contribution is -2.44. The molecule has 0 unspecified atom stereocenters. The molecule has 4 atom stereocenters. The topological polar surface area (TPSA) is 118 Å². The molecule has 0 bridgehead atoms. The summed E-state index contributed by atoms with van der Waals surface area (Å²) in [7, 11) is 0. The van der Waals surface area contributed by atoms with E-state index in [1.54, 1.807) is 18.2 Å². The standard InChI is InChI=1S/C16H20ClN3O4/c1-8-5-14(19-12-6-10(17)3-4-11(8)12)20-18-7-13(22)16(24)15(23)9(2)21/h3-7,9,13,15-16,21-24H,1-2H3,(H,19,20)/b18-7+/t9-,13+,15+,16-/m0/s1. The highest BCUT2D eigenvalue weighted by Crippen LogP contribution is 2.23. The zero-order valence-corrected chi connectivity index (χ0v) is 14.0. The molecular weight excluding hydrogens is 334 g/mol. The first kappa shape index (κ1) is 18.6. The lowest BCUT2D eigenvalue weighted by molar-refractivity contribution is -0.0820. The average Bonchev–Trinajstić information content (AvgIpc) is 2.52. The second kappa shape index (κ2) is 7.87. The number of aromatic nitrogens is 1. The van der Waals surface area contributed by atoms with Gasteiger partial charge in [0.05, 0.1) is 17.8 Å². The summed E-state index contributed by atoms with van der Waals surface area (Å²) in [5.74, 6) is 0.441. The molecule has 130 valence electrons. The zero-order chi connectivity index (χ0) is 17.9. The van der Waals surface area contributed by atoms with Crippen LogP contribution < -0.4 is 5.43 Å². The van der Waals surface area contributed by atoms with Gasteiger partial charge in [-0.2, -0.15) is 5.10 Å². The summed E-state index contributed by atoms with van der Waals surface area (Å²) in [5.41, 5.74) is 4.32. The summed E-state index contributed by atoms with van der Waals surface area (Å²) in [6.45, 7) is 3.23. The van der Waals surface area contributed by atoms with Crippen molar-refractivity contribution in [2.24, 2.45) is 5.10 Å². The Balaban J connectivity index is 2.10. The number of aliphatic hydroxyl groups excluding tert-OH is 4. The summed E-state index contributed by atoms with van der Waals surface area (Å²) in [4.78, 5) is 4.36. The number of hydrazone groups is 1. The number of benzene rings is 1. The van der Waals surface area contributed by atoms with Gasteiger partial charge in [-0.25, -0.2) is 4.98 Å². The molecule has 0 saturated carbocycles. The van der Waals surface area contributed by atoms with Gasteiger partial charge in [0.1, 0.15) is 24.1 Å². The van der Waals surface area contributed by atoms with Gasteiger partial charge < -0.3 is 20.4 Å². The minimum absolute atomic E-state index is 0.441. The van der Waals surface area contributed by atoms with E-state index in [-0.39, 0.29) is 0 Å². The van der Waals surface area contributed by atoms with E-state index < -0.39 is 24.4 Å². The van der Waals surface area contributed by atoms with Crippen LogP contribution in [0.5, 0.6) is 0 Å². The van der Waals surface area contributed by atoms with E-state index in [1.165, 1.54) is 6.92 Å². The third kappa shape index (κ3) is 4.40. The first-order valence-corrected chi connectivity index (χ1v) is 7.75. The fourth-order valence-electron chi connectivity index (χ4n) is 2.19. The van der Waals surface area contributed by atoms with E-state index in [2.05, 4.69) is 15.5 Å². The molecule has 0 spiro atoms. The SMILES string of the molecule is Cc1cc(N/N=C/[C@@H](O)[C@H](O)[C@H](O)[C@H](C)O)nc2cc(Cl)ccc12. The quantitative estimate of drug-likeness (QED) is 0.391. The van der Waals surface area contributed by atoms with Gasteiger partial charge in [0.2, 0.25) is 0 Å². The third-order valence-corrected chi connectivity index (χ3v) is 3.81. The molecule has 1 aromatic carbocycles. The minimum atomic E-state index is -1.55. The molecule has 0 aliphatic rings. The van der Waals surface area contributed by atoms with Crippen LogP contribution in [0.15, 0.2) is 29.4 Å². The fraction of sp³-hybridized carbons (Fsp3) is 0.375. The Morgan fingerprint density at radius 3 is 2.54 bits per heavy atom. The highest BCUT2D eigenvalue weighted by atomic mass is 35.5. The molecule has 0 fully saturated rings. The van der Waals surface area contributed by atoms with Gasteiger partial charge in [0, 0.05) is 10.4 Å². The maximum absolute atomic E-state index is 9.73. The molecule has 1 heterocycles. The van der Waals surface area contributed by atoms with Crippen LogP contribution in [0.25, 0.3) is 10.9 Å². The molecule has 7 nitrogen and oxygen atoms in total. The number of rotatable bonds is 6. The molecule has 8 heteroatoms. The maximum Gasteiger partial charge on any atom is 0.147 e. The van der Waals surface area contributed by atoms with E-state index >= 15 is 0 Å². The van der Waals surface area contributed by atoms with E-state index in [0.29, 0.717) is 16.4 Å². The van der Waals surface area contributed by atoms with E-state index in [9.17, 15) is 20.4 Å². The number of aryl methyl sites for hydroxylation is 1. The molecular formula is C16H20ClN3O4. The van der Waals surface area contributed by atoms with Gasteiger partial charge >= 0.3 is 0 Å². The Morgan fingerprint density at radius 2 is 1.88 bits per heavy atom. The van der Waals surface area contributed by atoms with Crippen LogP contribution in [0, 0.1) is 6.92 Å². The van der Waals surface area contributed by atoms with Crippen LogP contribution in [-0.2, 0) is 0 Å². The van der Waals surface area contributed by atoms with Crippen LogP contribution in [0.1, 0.15) is 12.5 Å². The largest absolute Gasteiger partial charge is 0.391 e. The first-order valence-electron chi connectivity index (χ1n) is 7.38. The van der Waals surface area contributed by atoms with Crippen LogP contribution in [0.3, 0.4) is 0 Å². The van der Waals surface area contributed by atoms with Gasteiger partial charge in [-0.15, -0.1) is 0 Å². The molecule has 24 heavy (non-hydrogen) atoms. The van der Waals surface area contributed by atoms with Gasteiger partial charge in [0.25, 0.3) is 0 Å². The predicted octanol–water partition coefficient (Wildman–Crippen LogP) is 1.06. The Morgan fingerprint density at radius 1 is 1.17 bits per heavy atom. The van der Waals surface area contributed by atoms with Gasteiger partial charge in [-0.3, -0.25) is 5.43 Å². The van der Waals surface area contributed by atoms with Crippen molar-refractivity contribution >= 4 is 34.5 Å². The Hall–Kier alpha value is -1.77. The predicted molar refractivity (Wildman–Crippen MR) is 93.3 cm³/mol. The average molecular weight is 354 g/mol. The van der Waals surface area contributed by atoms with Crippen LogP contribution in [0.2, 0.25) is 5.02 Å². The number of fused-ring (bicyclic) bond motifs is 1. The minimum Gasteiger partial charge on any atom is -0.391 e. The molecule has 5 N–H and O–H groups in total. The van der Waals surface area contributed by atoms with Gasteiger partial charge in [0.15, 0.2) is 0 Å². The van der Waals surface area contributed by atoms with Crippen LogP contribution in [0.4, 0.5) is 5.82 Å². The van der Waals surface area contributed by atoms with E-state index in [0.717, 1.165) is 17.2 Å². The second-order valence-corrected chi connectivity index (χ2v) is 6.02. The highest BCUT2D eigenvalue weighted by molar-refractivity contribution is 6.31. The molecule has 2 aromatic rings. The van der Waals surface area contributed by atoms with Crippen molar-refractivity contribution in [3.63, 3.8) is 0 Å². The number of halogens is 1. The number of hydrogen-bond donors (Lipinski definition) is 5. The summed E-state index contributed by atoms with van der Waals surface area (Å²) in [5, 5.41) is 43.4. The summed E-state index contributed by atoms with van der Waals surface area (Å²) < 4.78 is 0. The summed E-state index contributed by atoms with van der Waals surface area (Å²) in [6, 6.07) is 7.18. The molecule has 0 aliphatic carbocycles. The Bertz CT molecular complexity index is 739. The van der Waals surface area contributed by atoms with E-state index in [1.807, 2.05) is 13.0 Å². The van der Waals surface area contributed by atoms with Gasteiger partial charge in [-0.1, -0.05) is 17.7 Å². The van der Waals surface area contributed by atoms with Crippen molar-refractivity contribution in [1.82, 2.24) is 4.98 Å². The number of hydrogen-bond acceptors (Lipinski definition) is 7. The monoisotopic (exact) mass is 353 g/mol. The second-order valence-electron chi connectivity index (χ2n) is 5.59. The Labute approximate surface area is 144 Å².